The monoisotopic (exact) mass is 424 g/mol. The average molecular weight is 424 g/mol. The number of hydrogen-bond donors (Lipinski definition) is 1. The SMILES string of the molecule is O=C(NCC(F)(F)F)C1CCCN1C(=O)c1nn(-c2ccccc2F)c2c1CCC2. The number of carbonyl (C=O) groups excluding carboxylic acids is 2. The van der Waals surface area contributed by atoms with Gasteiger partial charge in [-0.25, -0.2) is 9.07 Å². The van der Waals surface area contributed by atoms with Gasteiger partial charge in [0.25, 0.3) is 5.91 Å². The van der Waals surface area contributed by atoms with Crippen LogP contribution in [0.5, 0.6) is 0 Å². The number of likely N-dealkylation sites (tertiary alicyclic amines) is 1. The second kappa shape index (κ2) is 7.73. The smallest absolute Gasteiger partial charge is 0.345 e. The molecule has 0 radical (unpaired) electrons. The summed E-state index contributed by atoms with van der Waals surface area (Å²) >= 11 is 0. The lowest BCUT2D eigenvalue weighted by atomic mass is 10.1. The number of nitrogens with zero attached hydrogens (tertiary/aromatic N) is 3. The van der Waals surface area contributed by atoms with Gasteiger partial charge < -0.3 is 10.2 Å². The lowest BCUT2D eigenvalue weighted by molar-refractivity contribution is -0.140. The maximum absolute atomic E-state index is 14.3. The molecule has 1 N–H and O–H groups in total. The molecular weight excluding hydrogens is 404 g/mol. The lowest BCUT2D eigenvalue weighted by Gasteiger charge is -2.23. The van der Waals surface area contributed by atoms with Crippen LogP contribution in [0.3, 0.4) is 0 Å². The highest BCUT2D eigenvalue weighted by atomic mass is 19.4. The van der Waals surface area contributed by atoms with Gasteiger partial charge in [0.1, 0.15) is 24.1 Å². The Balaban J connectivity index is 1.61. The van der Waals surface area contributed by atoms with Crippen LogP contribution in [0.15, 0.2) is 24.3 Å². The van der Waals surface area contributed by atoms with E-state index in [1.54, 1.807) is 18.2 Å². The van der Waals surface area contributed by atoms with Gasteiger partial charge in [0.2, 0.25) is 5.91 Å². The van der Waals surface area contributed by atoms with Crippen molar-refractivity contribution in [3.05, 3.63) is 47.0 Å². The number of alkyl halides is 3. The topological polar surface area (TPSA) is 67.2 Å². The fourth-order valence-corrected chi connectivity index (χ4v) is 4.16. The molecule has 1 atom stereocenters. The zero-order valence-corrected chi connectivity index (χ0v) is 16.0. The van der Waals surface area contributed by atoms with E-state index in [1.807, 2.05) is 5.32 Å². The van der Waals surface area contributed by atoms with Crippen molar-refractivity contribution in [3.63, 3.8) is 0 Å². The number of hydrogen-bond acceptors (Lipinski definition) is 3. The number of nitrogens with one attached hydrogen (secondary N) is 1. The fourth-order valence-electron chi connectivity index (χ4n) is 4.16. The molecular formula is C20H20F4N4O2. The second-order valence-electron chi connectivity index (χ2n) is 7.48. The maximum atomic E-state index is 14.3. The second-order valence-corrected chi connectivity index (χ2v) is 7.48. The number of aromatic nitrogens is 2. The van der Waals surface area contributed by atoms with Crippen molar-refractivity contribution < 1.29 is 27.2 Å². The highest BCUT2D eigenvalue weighted by Gasteiger charge is 2.39. The van der Waals surface area contributed by atoms with Crippen LogP contribution >= 0.6 is 0 Å². The molecule has 160 valence electrons. The summed E-state index contributed by atoms with van der Waals surface area (Å²) in [6.45, 7) is -1.19. The summed E-state index contributed by atoms with van der Waals surface area (Å²) in [5.74, 6) is -1.81. The van der Waals surface area contributed by atoms with Crippen molar-refractivity contribution in [1.82, 2.24) is 20.0 Å². The van der Waals surface area contributed by atoms with Crippen molar-refractivity contribution >= 4 is 11.8 Å². The molecule has 1 unspecified atom stereocenters. The molecule has 0 spiro atoms. The number of rotatable bonds is 4. The van der Waals surface area contributed by atoms with Crippen LogP contribution in [-0.4, -0.2) is 51.8 Å². The molecule has 1 aliphatic heterocycles. The van der Waals surface area contributed by atoms with E-state index < -0.39 is 36.4 Å². The van der Waals surface area contributed by atoms with Crippen LogP contribution in [0, 0.1) is 5.82 Å². The predicted octanol–water partition coefficient (Wildman–Crippen LogP) is 2.78. The third-order valence-corrected chi connectivity index (χ3v) is 5.49. The first kappa shape index (κ1) is 20.4. The van der Waals surface area contributed by atoms with Crippen molar-refractivity contribution in [3.8, 4) is 5.69 Å². The van der Waals surface area contributed by atoms with E-state index in [-0.39, 0.29) is 24.3 Å². The summed E-state index contributed by atoms with van der Waals surface area (Å²) in [5, 5.41) is 6.22. The van der Waals surface area contributed by atoms with E-state index in [1.165, 1.54) is 15.6 Å². The van der Waals surface area contributed by atoms with Gasteiger partial charge >= 0.3 is 6.18 Å². The summed E-state index contributed by atoms with van der Waals surface area (Å²) in [6.07, 6.45) is -1.71. The Hall–Kier alpha value is -2.91. The molecule has 10 heteroatoms. The third-order valence-electron chi connectivity index (χ3n) is 5.49. The quantitative estimate of drug-likeness (QED) is 0.768. The lowest BCUT2D eigenvalue weighted by Crippen LogP contribution is -2.48. The van der Waals surface area contributed by atoms with Crippen LogP contribution in [0.1, 0.15) is 41.0 Å². The van der Waals surface area contributed by atoms with Crippen LogP contribution < -0.4 is 5.32 Å². The molecule has 1 fully saturated rings. The largest absolute Gasteiger partial charge is 0.405 e. The number of para-hydroxylation sites is 1. The molecule has 2 aromatic rings. The maximum Gasteiger partial charge on any atom is 0.405 e. The van der Waals surface area contributed by atoms with Crippen LogP contribution in [-0.2, 0) is 17.6 Å². The fraction of sp³-hybridized carbons (Fsp3) is 0.450. The number of fused-ring (bicyclic) bond motifs is 1. The van der Waals surface area contributed by atoms with Crippen LogP contribution in [0.25, 0.3) is 5.69 Å². The molecule has 1 aromatic carbocycles. The van der Waals surface area contributed by atoms with Gasteiger partial charge in [-0.05, 0) is 44.2 Å². The minimum Gasteiger partial charge on any atom is -0.345 e. The molecule has 1 saturated heterocycles. The molecule has 0 saturated carbocycles. The minimum absolute atomic E-state index is 0.140. The standard InChI is InChI=1S/C20H20F4N4O2/c21-13-6-1-2-7-15(13)28-14-8-3-5-12(14)17(26-28)19(30)27-10-4-9-16(27)18(29)25-11-20(22,23)24/h1-2,6-7,16H,3-5,8-11H2,(H,25,29). The normalized spacial score (nSPS) is 18.5. The minimum atomic E-state index is -4.53. The zero-order valence-electron chi connectivity index (χ0n) is 16.0. The first-order chi connectivity index (χ1) is 14.3. The van der Waals surface area contributed by atoms with Crippen molar-refractivity contribution in [2.75, 3.05) is 13.1 Å². The van der Waals surface area contributed by atoms with Crippen molar-refractivity contribution in [1.29, 1.82) is 0 Å². The molecule has 2 amide bonds. The Labute approximate surface area is 169 Å². The summed E-state index contributed by atoms with van der Waals surface area (Å²) in [4.78, 5) is 26.7. The van der Waals surface area contributed by atoms with Crippen molar-refractivity contribution in [2.24, 2.45) is 0 Å². The summed E-state index contributed by atoms with van der Waals surface area (Å²) in [5.41, 5.74) is 1.84. The zero-order chi connectivity index (χ0) is 21.5. The first-order valence-electron chi connectivity index (χ1n) is 9.77. The van der Waals surface area contributed by atoms with E-state index in [4.69, 9.17) is 0 Å². The van der Waals surface area contributed by atoms with Gasteiger partial charge in [-0.1, -0.05) is 12.1 Å². The van der Waals surface area contributed by atoms with E-state index in [9.17, 15) is 27.2 Å². The highest BCUT2D eigenvalue weighted by molar-refractivity contribution is 5.98. The molecule has 1 aliphatic carbocycles. The van der Waals surface area contributed by atoms with Gasteiger partial charge in [-0.2, -0.15) is 18.3 Å². The van der Waals surface area contributed by atoms with E-state index in [0.29, 0.717) is 24.8 Å². The summed E-state index contributed by atoms with van der Waals surface area (Å²) in [6, 6.07) is 5.13. The van der Waals surface area contributed by atoms with Crippen LogP contribution in [0.2, 0.25) is 0 Å². The van der Waals surface area contributed by atoms with Gasteiger partial charge in [0, 0.05) is 17.8 Å². The number of amides is 2. The first-order valence-corrected chi connectivity index (χ1v) is 9.77. The third kappa shape index (κ3) is 3.78. The molecule has 6 nitrogen and oxygen atoms in total. The van der Waals surface area contributed by atoms with Gasteiger partial charge in [-0.15, -0.1) is 0 Å². The molecule has 0 bridgehead atoms. The molecule has 30 heavy (non-hydrogen) atoms. The van der Waals surface area contributed by atoms with Gasteiger partial charge in [0.15, 0.2) is 5.69 Å². The Morgan fingerprint density at radius 1 is 1.17 bits per heavy atom. The molecule has 2 heterocycles. The average Bonchev–Trinajstić information content (AvgIpc) is 3.41. The molecule has 2 aliphatic rings. The number of halogens is 4. The Morgan fingerprint density at radius 2 is 1.93 bits per heavy atom. The summed E-state index contributed by atoms with van der Waals surface area (Å²) in [7, 11) is 0. The van der Waals surface area contributed by atoms with Gasteiger partial charge in [0.05, 0.1) is 0 Å². The number of carbonyl (C=O) groups is 2. The van der Waals surface area contributed by atoms with E-state index >= 15 is 0 Å². The number of benzene rings is 1. The Kier molecular flexibility index (Phi) is 5.25. The van der Waals surface area contributed by atoms with Crippen LogP contribution in [0.4, 0.5) is 17.6 Å². The van der Waals surface area contributed by atoms with Gasteiger partial charge in [-0.3, -0.25) is 9.59 Å². The molecule has 1 aromatic heterocycles. The Morgan fingerprint density at radius 3 is 2.67 bits per heavy atom. The Bertz CT molecular complexity index is 986. The van der Waals surface area contributed by atoms with E-state index in [2.05, 4.69) is 5.10 Å². The highest BCUT2D eigenvalue weighted by Crippen LogP contribution is 2.31. The van der Waals surface area contributed by atoms with E-state index in [0.717, 1.165) is 12.1 Å². The summed E-state index contributed by atoms with van der Waals surface area (Å²) < 4.78 is 53.0. The predicted molar refractivity (Wildman–Crippen MR) is 98.7 cm³/mol. The van der Waals surface area contributed by atoms with Crippen molar-refractivity contribution in [2.45, 2.75) is 44.3 Å². The molecule has 4 rings (SSSR count).